The fraction of sp³-hybridized carbons (Fsp3) is 0.636. The lowest BCUT2D eigenvalue weighted by Gasteiger charge is -2.20. The first-order valence-electron chi connectivity index (χ1n) is 6.04. The second-order valence-corrected chi connectivity index (χ2v) is 4.69. The molecule has 1 aliphatic heterocycles. The first-order chi connectivity index (χ1) is 9.17. The number of nitrogens with zero attached hydrogens (tertiary/aromatic N) is 2. The molecule has 0 aliphatic carbocycles. The van der Waals surface area contributed by atoms with Crippen LogP contribution in [0, 0.1) is 0 Å². The summed E-state index contributed by atoms with van der Waals surface area (Å²) in [4.78, 5) is 11.9. The van der Waals surface area contributed by atoms with Crippen molar-refractivity contribution < 1.29 is 9.84 Å². The Bertz CT molecular complexity index is 493. The molecule has 2 rings (SSSR count). The predicted octanol–water partition coefficient (Wildman–Crippen LogP) is -0.712. The van der Waals surface area contributed by atoms with Crippen molar-refractivity contribution in [2.45, 2.75) is 18.7 Å². The molecular weight excluding hydrogens is 272 g/mol. The summed E-state index contributed by atoms with van der Waals surface area (Å²) in [6.45, 7) is 1.45. The summed E-state index contributed by atoms with van der Waals surface area (Å²) in [5, 5.41) is 19.2. The van der Waals surface area contributed by atoms with Crippen LogP contribution >= 0.6 is 11.6 Å². The Labute approximate surface area is 115 Å². The standard InChI is InChI=1S/C11H17ClN4O3/c1-19-9-6-13-4-7(9)15-8-5-14-16(2-3-17)11(18)10(8)12/h5,7,9,13,15,17H,2-4,6H2,1H3/t7?,9-/m0/s1. The zero-order valence-corrected chi connectivity index (χ0v) is 11.4. The summed E-state index contributed by atoms with van der Waals surface area (Å²) in [6, 6.07) is 0.0393. The van der Waals surface area contributed by atoms with Crippen LogP contribution in [0.4, 0.5) is 5.69 Å². The van der Waals surface area contributed by atoms with E-state index < -0.39 is 5.56 Å². The zero-order chi connectivity index (χ0) is 13.8. The monoisotopic (exact) mass is 288 g/mol. The number of anilines is 1. The molecule has 7 nitrogen and oxygen atoms in total. The van der Waals surface area contributed by atoms with Crippen LogP contribution in [-0.2, 0) is 11.3 Å². The van der Waals surface area contributed by atoms with Crippen molar-refractivity contribution >= 4 is 17.3 Å². The molecule has 0 saturated carbocycles. The fourth-order valence-electron chi connectivity index (χ4n) is 2.07. The maximum Gasteiger partial charge on any atom is 0.287 e. The number of aliphatic hydroxyl groups excluding tert-OH is 1. The van der Waals surface area contributed by atoms with E-state index in [9.17, 15) is 4.79 Å². The topological polar surface area (TPSA) is 88.4 Å². The highest BCUT2D eigenvalue weighted by Crippen LogP contribution is 2.18. The van der Waals surface area contributed by atoms with Gasteiger partial charge in [-0.05, 0) is 0 Å². The Morgan fingerprint density at radius 3 is 3.16 bits per heavy atom. The molecule has 0 aromatic carbocycles. The van der Waals surface area contributed by atoms with Gasteiger partial charge in [0.05, 0.1) is 37.2 Å². The maximum atomic E-state index is 11.9. The normalized spacial score (nSPS) is 22.7. The number of hydrogen-bond donors (Lipinski definition) is 3. The summed E-state index contributed by atoms with van der Waals surface area (Å²) < 4.78 is 6.46. The number of hydrogen-bond acceptors (Lipinski definition) is 6. The van der Waals surface area contributed by atoms with E-state index in [1.54, 1.807) is 7.11 Å². The second-order valence-electron chi connectivity index (χ2n) is 4.31. The van der Waals surface area contributed by atoms with Crippen molar-refractivity contribution in [2.24, 2.45) is 0 Å². The van der Waals surface area contributed by atoms with Crippen LogP contribution in [0.5, 0.6) is 0 Å². The van der Waals surface area contributed by atoms with E-state index in [2.05, 4.69) is 15.7 Å². The molecule has 0 spiro atoms. The quantitative estimate of drug-likeness (QED) is 0.663. The Morgan fingerprint density at radius 2 is 2.47 bits per heavy atom. The van der Waals surface area contributed by atoms with Crippen molar-refractivity contribution in [3.8, 4) is 0 Å². The van der Waals surface area contributed by atoms with Crippen molar-refractivity contribution in [3.05, 3.63) is 21.6 Å². The van der Waals surface area contributed by atoms with Crippen LogP contribution in [0.15, 0.2) is 11.0 Å². The zero-order valence-electron chi connectivity index (χ0n) is 10.6. The minimum atomic E-state index is -0.416. The van der Waals surface area contributed by atoms with Crippen LogP contribution in [0.1, 0.15) is 0 Å². The number of nitrogens with one attached hydrogen (secondary N) is 2. The van der Waals surface area contributed by atoms with Gasteiger partial charge in [-0.1, -0.05) is 11.6 Å². The number of ether oxygens (including phenoxy) is 1. The minimum Gasteiger partial charge on any atom is -0.394 e. The van der Waals surface area contributed by atoms with Crippen LogP contribution < -0.4 is 16.2 Å². The molecule has 2 heterocycles. The minimum absolute atomic E-state index is 0.0240. The SMILES string of the molecule is CO[C@H]1CNCC1Nc1cnn(CCO)c(=O)c1Cl. The first-order valence-corrected chi connectivity index (χ1v) is 6.41. The summed E-state index contributed by atoms with van der Waals surface area (Å²) in [7, 11) is 1.64. The number of aromatic nitrogens is 2. The molecule has 1 saturated heterocycles. The Morgan fingerprint density at radius 1 is 1.68 bits per heavy atom. The van der Waals surface area contributed by atoms with Gasteiger partial charge in [0.1, 0.15) is 5.02 Å². The largest absolute Gasteiger partial charge is 0.394 e. The fourth-order valence-corrected chi connectivity index (χ4v) is 2.27. The van der Waals surface area contributed by atoms with E-state index in [0.29, 0.717) is 5.69 Å². The molecule has 3 N–H and O–H groups in total. The highest BCUT2D eigenvalue weighted by atomic mass is 35.5. The van der Waals surface area contributed by atoms with Crippen molar-refractivity contribution in [2.75, 3.05) is 32.1 Å². The van der Waals surface area contributed by atoms with E-state index in [-0.39, 0.29) is 30.3 Å². The molecule has 0 bridgehead atoms. The van der Waals surface area contributed by atoms with Crippen LogP contribution in [0.3, 0.4) is 0 Å². The Balaban J connectivity index is 2.17. The molecule has 1 fully saturated rings. The van der Waals surface area contributed by atoms with Crippen LogP contribution in [0.2, 0.25) is 5.02 Å². The van der Waals surface area contributed by atoms with Gasteiger partial charge in [-0.3, -0.25) is 4.79 Å². The average molecular weight is 289 g/mol. The van der Waals surface area contributed by atoms with Crippen LogP contribution in [0.25, 0.3) is 0 Å². The van der Waals surface area contributed by atoms with Crippen LogP contribution in [-0.4, -0.2) is 53.8 Å². The molecule has 0 amide bonds. The average Bonchev–Trinajstić information content (AvgIpc) is 2.86. The van der Waals surface area contributed by atoms with Gasteiger partial charge in [-0.15, -0.1) is 0 Å². The third kappa shape index (κ3) is 3.06. The van der Waals surface area contributed by atoms with Gasteiger partial charge in [0.2, 0.25) is 0 Å². The summed E-state index contributed by atoms with van der Waals surface area (Å²) in [5.41, 5.74) is 0.0669. The lowest BCUT2D eigenvalue weighted by atomic mass is 10.2. The molecule has 0 radical (unpaired) electrons. The van der Waals surface area contributed by atoms with Crippen molar-refractivity contribution in [1.82, 2.24) is 15.1 Å². The van der Waals surface area contributed by atoms with E-state index in [4.69, 9.17) is 21.4 Å². The highest BCUT2D eigenvalue weighted by Gasteiger charge is 2.27. The van der Waals surface area contributed by atoms with Crippen molar-refractivity contribution in [3.63, 3.8) is 0 Å². The number of aliphatic hydroxyl groups is 1. The molecule has 106 valence electrons. The van der Waals surface area contributed by atoms with Gasteiger partial charge in [-0.2, -0.15) is 5.10 Å². The predicted molar refractivity (Wildman–Crippen MR) is 71.7 cm³/mol. The summed E-state index contributed by atoms with van der Waals surface area (Å²) >= 11 is 6.02. The lowest BCUT2D eigenvalue weighted by molar-refractivity contribution is 0.111. The Hall–Kier alpha value is -1.15. The smallest absolute Gasteiger partial charge is 0.287 e. The molecule has 1 aromatic rings. The molecule has 1 aliphatic rings. The van der Waals surface area contributed by atoms with E-state index >= 15 is 0 Å². The lowest BCUT2D eigenvalue weighted by Crippen LogP contribution is -2.35. The number of methoxy groups -OCH3 is 1. The summed E-state index contributed by atoms with van der Waals surface area (Å²) in [5.74, 6) is 0. The van der Waals surface area contributed by atoms with Gasteiger partial charge < -0.3 is 20.5 Å². The molecule has 1 unspecified atom stereocenters. The van der Waals surface area contributed by atoms with Crippen molar-refractivity contribution in [1.29, 1.82) is 0 Å². The van der Waals surface area contributed by atoms with E-state index in [1.165, 1.54) is 6.20 Å². The van der Waals surface area contributed by atoms with Gasteiger partial charge in [0, 0.05) is 20.2 Å². The van der Waals surface area contributed by atoms with Gasteiger partial charge in [0.15, 0.2) is 0 Å². The first kappa shape index (κ1) is 14.3. The second kappa shape index (κ2) is 6.33. The molecule has 2 atom stereocenters. The molecular formula is C11H17ClN4O3. The third-order valence-corrected chi connectivity index (χ3v) is 3.46. The number of halogens is 1. The van der Waals surface area contributed by atoms with Gasteiger partial charge in [0.25, 0.3) is 5.56 Å². The third-order valence-electron chi connectivity index (χ3n) is 3.10. The highest BCUT2D eigenvalue weighted by molar-refractivity contribution is 6.32. The Kier molecular flexibility index (Phi) is 4.76. The van der Waals surface area contributed by atoms with Gasteiger partial charge >= 0.3 is 0 Å². The summed E-state index contributed by atoms with van der Waals surface area (Å²) in [6.07, 6.45) is 1.51. The number of rotatable bonds is 5. The van der Waals surface area contributed by atoms with E-state index in [0.717, 1.165) is 17.8 Å². The van der Waals surface area contributed by atoms with Gasteiger partial charge in [-0.25, -0.2) is 4.68 Å². The molecule has 8 heteroatoms. The molecule has 19 heavy (non-hydrogen) atoms. The van der Waals surface area contributed by atoms with E-state index in [1.807, 2.05) is 0 Å². The molecule has 1 aromatic heterocycles. The maximum absolute atomic E-state index is 11.9.